The Hall–Kier alpha value is -3.53. The predicted molar refractivity (Wildman–Crippen MR) is 152 cm³/mol. The number of hydrogen-bond acceptors (Lipinski definition) is 9. The van der Waals surface area contributed by atoms with Crippen molar-refractivity contribution >= 4 is 23.6 Å². The van der Waals surface area contributed by atoms with Crippen molar-refractivity contribution in [3.63, 3.8) is 0 Å². The zero-order valence-corrected chi connectivity index (χ0v) is 24.9. The van der Waals surface area contributed by atoms with Gasteiger partial charge in [0.15, 0.2) is 6.29 Å². The number of aliphatic hydroxyl groups excluding tert-OH is 1. The first-order valence-corrected chi connectivity index (χ1v) is 15.1. The second kappa shape index (κ2) is 13.6. The van der Waals surface area contributed by atoms with Gasteiger partial charge in [0, 0.05) is 37.4 Å². The topological polar surface area (TPSA) is 132 Å². The van der Waals surface area contributed by atoms with E-state index in [4.69, 9.17) is 9.47 Å². The Labute approximate surface area is 256 Å². The highest BCUT2D eigenvalue weighted by Crippen LogP contribution is 2.43. The van der Waals surface area contributed by atoms with Gasteiger partial charge in [-0.3, -0.25) is 9.59 Å². The monoisotopic (exact) mass is 634 g/mol. The molecule has 2 amide bonds. The molecule has 0 radical (unpaired) electrons. The van der Waals surface area contributed by atoms with Crippen molar-refractivity contribution in [2.45, 2.75) is 68.8 Å². The minimum Gasteiger partial charge on any atom is -0.392 e. The van der Waals surface area contributed by atoms with Gasteiger partial charge in [-0.25, -0.2) is 4.68 Å². The highest BCUT2D eigenvalue weighted by Gasteiger charge is 2.47. The lowest BCUT2D eigenvalue weighted by molar-refractivity contribution is -0.268. The minimum absolute atomic E-state index is 0.0335. The van der Waals surface area contributed by atoms with Crippen LogP contribution in [0.5, 0.6) is 0 Å². The molecule has 2 saturated heterocycles. The molecule has 0 spiro atoms. The number of benzene rings is 2. The van der Waals surface area contributed by atoms with Crippen LogP contribution < -0.4 is 5.32 Å². The van der Waals surface area contributed by atoms with Gasteiger partial charge in [0.2, 0.25) is 11.1 Å². The maximum Gasteiger partial charge on any atom is 0.471 e. The van der Waals surface area contributed by atoms with Gasteiger partial charge in [-0.15, -0.1) is 5.10 Å². The molecule has 0 saturated carbocycles. The highest BCUT2D eigenvalue weighted by molar-refractivity contribution is 7.99. The van der Waals surface area contributed by atoms with Crippen LogP contribution in [-0.2, 0) is 39.3 Å². The molecular weight excluding hydrogens is 601 g/mol. The summed E-state index contributed by atoms with van der Waals surface area (Å²) in [6, 6.07) is 13.7. The van der Waals surface area contributed by atoms with Gasteiger partial charge in [-0.1, -0.05) is 67.2 Å². The molecule has 5 unspecified atom stereocenters. The summed E-state index contributed by atoms with van der Waals surface area (Å²) >= 11 is 1.48. The van der Waals surface area contributed by atoms with Gasteiger partial charge < -0.3 is 24.8 Å². The minimum atomic E-state index is -5.02. The first kappa shape index (κ1) is 31.9. The quantitative estimate of drug-likeness (QED) is 0.340. The van der Waals surface area contributed by atoms with E-state index < -0.39 is 30.3 Å². The first-order valence-electron chi connectivity index (χ1n) is 14.1. The maximum absolute atomic E-state index is 12.9. The number of hydrogen-bond donors (Lipinski definition) is 2. The van der Waals surface area contributed by atoms with Crippen molar-refractivity contribution in [2.75, 3.05) is 12.3 Å². The van der Waals surface area contributed by atoms with Gasteiger partial charge >= 0.3 is 12.1 Å². The third-order valence-corrected chi connectivity index (χ3v) is 8.96. The van der Waals surface area contributed by atoms with E-state index in [1.54, 1.807) is 23.9 Å². The first-order chi connectivity index (χ1) is 21.0. The van der Waals surface area contributed by atoms with Crippen LogP contribution >= 0.6 is 11.8 Å². The number of thioether (sulfide) groups is 1. The summed E-state index contributed by atoms with van der Waals surface area (Å²) in [4.78, 5) is 25.0. The zero-order chi connectivity index (χ0) is 31.4. The molecular formula is C29H33F3N6O5S. The average Bonchev–Trinajstić information content (AvgIpc) is 3.68. The highest BCUT2D eigenvalue weighted by atomic mass is 32.2. The van der Waals surface area contributed by atoms with E-state index in [2.05, 4.69) is 27.8 Å². The smallest absolute Gasteiger partial charge is 0.392 e. The van der Waals surface area contributed by atoms with E-state index in [0.29, 0.717) is 22.2 Å². The lowest BCUT2D eigenvalue weighted by Crippen LogP contribution is -2.50. The molecule has 3 heterocycles. The van der Waals surface area contributed by atoms with E-state index in [0.717, 1.165) is 22.3 Å². The van der Waals surface area contributed by atoms with Crippen LogP contribution in [-0.4, -0.2) is 72.6 Å². The van der Waals surface area contributed by atoms with Gasteiger partial charge in [-0.2, -0.15) is 13.2 Å². The van der Waals surface area contributed by atoms with Crippen molar-refractivity contribution in [1.82, 2.24) is 30.4 Å². The van der Waals surface area contributed by atoms with Gasteiger partial charge in [0.05, 0.1) is 18.8 Å². The summed E-state index contributed by atoms with van der Waals surface area (Å²) in [5.41, 5.74) is 3.21. The SMILES string of the molecule is CC1C(CSc2nnnn2C)OC(c2ccc(CNC(=O)C3CCCN3C(=O)C(F)(F)F)cc2)OC1c1ccc(CO)cc1. The van der Waals surface area contributed by atoms with Crippen LogP contribution in [0.3, 0.4) is 0 Å². The number of tetrazole rings is 1. The average molecular weight is 635 g/mol. The number of carbonyl (C=O) groups excluding carboxylic acids is 2. The summed E-state index contributed by atoms with van der Waals surface area (Å²) in [6.07, 6.45) is -5.76. The molecule has 15 heteroatoms. The van der Waals surface area contributed by atoms with Crippen molar-refractivity contribution in [1.29, 1.82) is 0 Å². The third-order valence-electron chi connectivity index (χ3n) is 7.86. The number of ether oxygens (including phenoxy) is 2. The lowest BCUT2D eigenvalue weighted by Gasteiger charge is -2.41. The molecule has 44 heavy (non-hydrogen) atoms. The van der Waals surface area contributed by atoms with Crippen LogP contribution in [0, 0.1) is 5.92 Å². The largest absolute Gasteiger partial charge is 0.471 e. The second-order valence-electron chi connectivity index (χ2n) is 10.8. The van der Waals surface area contributed by atoms with Crippen LogP contribution in [0.15, 0.2) is 53.7 Å². The summed E-state index contributed by atoms with van der Waals surface area (Å²) in [5, 5.41) is 24.4. The Morgan fingerprint density at radius 2 is 1.75 bits per heavy atom. The fraction of sp³-hybridized carbons (Fsp3) is 0.483. The number of alkyl halides is 3. The maximum atomic E-state index is 12.9. The van der Waals surface area contributed by atoms with Crippen LogP contribution in [0.1, 0.15) is 54.4 Å². The molecule has 2 N–H and O–H groups in total. The number of nitrogens with zero attached hydrogens (tertiary/aromatic N) is 5. The predicted octanol–water partition coefficient (Wildman–Crippen LogP) is 3.46. The van der Waals surface area contributed by atoms with E-state index in [9.17, 15) is 27.9 Å². The Morgan fingerprint density at radius 1 is 1.07 bits per heavy atom. The molecule has 3 aromatic rings. The molecule has 2 aliphatic heterocycles. The third kappa shape index (κ3) is 7.22. The van der Waals surface area contributed by atoms with Crippen molar-refractivity contribution in [3.8, 4) is 0 Å². The summed E-state index contributed by atoms with van der Waals surface area (Å²) in [7, 11) is 1.76. The fourth-order valence-corrected chi connectivity index (χ4v) is 6.37. The summed E-state index contributed by atoms with van der Waals surface area (Å²) in [5.74, 6) is -2.08. The van der Waals surface area contributed by atoms with Crippen molar-refractivity contribution in [3.05, 3.63) is 70.8 Å². The molecule has 5 rings (SSSR count). The molecule has 2 fully saturated rings. The number of amides is 2. The fourth-order valence-electron chi connectivity index (χ4n) is 5.35. The van der Waals surface area contributed by atoms with Crippen molar-refractivity contribution < 1.29 is 37.3 Å². The summed E-state index contributed by atoms with van der Waals surface area (Å²) in [6.45, 7) is 1.97. The standard InChI is InChI=1S/C29H33F3N6O5S/c1-17-23(16-44-28-34-35-36-37(28)2)42-26(43-24(17)20-9-7-19(15-39)8-10-20)21-11-5-18(6-12-21)14-33-25(40)22-4-3-13-38(22)27(41)29(30,31)32/h5-12,17,22-24,26,39H,3-4,13-16H2,1-2H3,(H,33,40). The second-order valence-corrected chi connectivity index (χ2v) is 11.8. The van der Waals surface area contributed by atoms with Gasteiger partial charge in [-0.05, 0) is 40.0 Å². The molecule has 236 valence electrons. The molecule has 5 atom stereocenters. The van der Waals surface area contributed by atoms with E-state index >= 15 is 0 Å². The lowest BCUT2D eigenvalue weighted by atomic mass is 9.91. The molecule has 2 aliphatic rings. The molecule has 2 aromatic carbocycles. The number of carbonyl (C=O) groups is 2. The number of halogens is 3. The Kier molecular flexibility index (Phi) is 9.87. The van der Waals surface area contributed by atoms with Crippen molar-refractivity contribution in [2.24, 2.45) is 13.0 Å². The molecule has 0 aliphatic carbocycles. The van der Waals surface area contributed by atoms with E-state index in [1.165, 1.54) is 11.8 Å². The molecule has 1 aromatic heterocycles. The number of nitrogens with one attached hydrogen (secondary N) is 1. The van der Waals surface area contributed by atoms with Gasteiger partial charge in [0.25, 0.3) is 0 Å². The van der Waals surface area contributed by atoms with Crippen LogP contribution in [0.2, 0.25) is 0 Å². The number of aliphatic hydroxyl groups is 1. The van der Waals surface area contributed by atoms with E-state index in [-0.39, 0.29) is 44.2 Å². The number of likely N-dealkylation sites (tertiary alicyclic amines) is 1. The zero-order valence-electron chi connectivity index (χ0n) is 24.1. The van der Waals surface area contributed by atoms with Crippen LogP contribution in [0.25, 0.3) is 0 Å². The number of aromatic nitrogens is 4. The van der Waals surface area contributed by atoms with Gasteiger partial charge in [0.1, 0.15) is 6.04 Å². The Balaban J connectivity index is 1.26. The number of aryl methyl sites for hydroxylation is 1. The Bertz CT molecular complexity index is 1440. The normalized spacial score (nSPS) is 24.0. The summed E-state index contributed by atoms with van der Waals surface area (Å²) < 4.78 is 53.3. The number of rotatable bonds is 9. The van der Waals surface area contributed by atoms with E-state index in [1.807, 2.05) is 36.4 Å². The molecule has 0 bridgehead atoms. The molecule has 11 nitrogen and oxygen atoms in total. The Morgan fingerprint density at radius 3 is 2.39 bits per heavy atom. The van der Waals surface area contributed by atoms with Crippen LogP contribution in [0.4, 0.5) is 13.2 Å².